The molecule has 0 aliphatic carbocycles. The van der Waals surface area contributed by atoms with Crippen LogP contribution in [0.3, 0.4) is 0 Å². The molecule has 0 radical (unpaired) electrons. The van der Waals surface area contributed by atoms with Gasteiger partial charge in [-0.15, -0.1) is 0 Å². The molecule has 0 aliphatic heterocycles. The zero-order valence-electron chi connectivity index (χ0n) is 14.0. The molecule has 0 spiro atoms. The molecule has 24 heavy (non-hydrogen) atoms. The quantitative estimate of drug-likeness (QED) is 0.506. The second-order valence-electron chi connectivity index (χ2n) is 6.29. The molecule has 0 bridgehead atoms. The lowest BCUT2D eigenvalue weighted by molar-refractivity contribution is -0.385. The van der Waals surface area contributed by atoms with Crippen LogP contribution in [-0.4, -0.2) is 40.8 Å². The minimum absolute atomic E-state index is 0.0993. The van der Waals surface area contributed by atoms with Gasteiger partial charge in [-0.3, -0.25) is 19.7 Å². The lowest BCUT2D eigenvalue weighted by Crippen LogP contribution is -2.46. The maximum Gasteiger partial charge on any atom is 0.279 e. The molecular formula is C16H20FN3O4. The molecule has 0 saturated carbocycles. The van der Waals surface area contributed by atoms with Crippen molar-refractivity contribution >= 4 is 23.6 Å². The zero-order valence-corrected chi connectivity index (χ0v) is 14.0. The van der Waals surface area contributed by atoms with Gasteiger partial charge >= 0.3 is 0 Å². The van der Waals surface area contributed by atoms with Gasteiger partial charge in [-0.2, -0.15) is 0 Å². The molecule has 130 valence electrons. The Labute approximate surface area is 139 Å². The molecule has 1 aromatic rings. The number of carbonyl (C=O) groups is 2. The predicted octanol–water partition coefficient (Wildman–Crippen LogP) is 2.12. The maximum absolute atomic E-state index is 13.1. The molecule has 0 aromatic heterocycles. The Bertz CT molecular complexity index is 680. The lowest BCUT2D eigenvalue weighted by Gasteiger charge is -2.22. The van der Waals surface area contributed by atoms with E-state index in [1.165, 1.54) is 24.1 Å². The van der Waals surface area contributed by atoms with Gasteiger partial charge in [0.1, 0.15) is 5.82 Å². The number of nitro groups is 1. The topological polar surface area (TPSA) is 92.6 Å². The highest BCUT2D eigenvalue weighted by atomic mass is 19.1. The number of hydrogen-bond donors (Lipinski definition) is 1. The first kappa shape index (κ1) is 19.3. The highest BCUT2D eigenvalue weighted by Crippen LogP contribution is 2.21. The molecule has 0 unspecified atom stereocenters. The van der Waals surface area contributed by atoms with Crippen molar-refractivity contribution in [2.24, 2.45) is 0 Å². The molecule has 0 aliphatic rings. The smallest absolute Gasteiger partial charge is 0.279 e. The molecule has 0 saturated heterocycles. The molecule has 1 rings (SSSR count). The summed E-state index contributed by atoms with van der Waals surface area (Å²) in [6.07, 6.45) is 2.32. The van der Waals surface area contributed by atoms with Crippen LogP contribution in [0, 0.1) is 15.9 Å². The van der Waals surface area contributed by atoms with Gasteiger partial charge in [0, 0.05) is 18.7 Å². The van der Waals surface area contributed by atoms with Gasteiger partial charge < -0.3 is 10.2 Å². The molecule has 2 amide bonds. The Morgan fingerprint density at radius 2 is 2.00 bits per heavy atom. The van der Waals surface area contributed by atoms with Crippen molar-refractivity contribution in [1.82, 2.24) is 10.2 Å². The van der Waals surface area contributed by atoms with E-state index in [-0.39, 0.29) is 18.0 Å². The molecule has 1 N–H and O–H groups in total. The van der Waals surface area contributed by atoms with E-state index in [1.807, 2.05) is 20.8 Å². The van der Waals surface area contributed by atoms with Crippen molar-refractivity contribution in [1.29, 1.82) is 0 Å². The Balaban J connectivity index is 2.79. The third-order valence-corrected chi connectivity index (χ3v) is 2.87. The third-order valence-electron chi connectivity index (χ3n) is 2.87. The maximum atomic E-state index is 13.1. The molecule has 7 nitrogen and oxygen atoms in total. The van der Waals surface area contributed by atoms with Crippen LogP contribution in [0.15, 0.2) is 24.3 Å². The van der Waals surface area contributed by atoms with Crippen molar-refractivity contribution in [3.63, 3.8) is 0 Å². The van der Waals surface area contributed by atoms with E-state index in [1.54, 1.807) is 0 Å². The predicted molar refractivity (Wildman–Crippen MR) is 87.6 cm³/mol. The zero-order chi connectivity index (χ0) is 18.5. The molecule has 0 heterocycles. The van der Waals surface area contributed by atoms with Gasteiger partial charge in [-0.05, 0) is 39.0 Å². The highest BCUT2D eigenvalue weighted by Gasteiger charge is 2.17. The number of likely N-dealkylation sites (N-methyl/N-ethyl adjacent to an activating group) is 1. The SMILES string of the molecule is CN(CC(=O)NC(C)(C)C)C(=O)C=Cc1ccc(F)cc1[N+](=O)[O-]. The van der Waals surface area contributed by atoms with Gasteiger partial charge in [0.2, 0.25) is 11.8 Å². The third kappa shape index (κ3) is 6.15. The van der Waals surface area contributed by atoms with Crippen LogP contribution in [0.25, 0.3) is 6.08 Å². The summed E-state index contributed by atoms with van der Waals surface area (Å²) in [4.78, 5) is 35.1. The summed E-state index contributed by atoms with van der Waals surface area (Å²) < 4.78 is 13.1. The Hall–Kier alpha value is -2.77. The Morgan fingerprint density at radius 3 is 2.54 bits per heavy atom. The summed E-state index contributed by atoms with van der Waals surface area (Å²) in [6, 6.07) is 3.06. The summed E-state index contributed by atoms with van der Waals surface area (Å²) in [5.41, 5.74) is -0.750. The summed E-state index contributed by atoms with van der Waals surface area (Å²) in [5.74, 6) is -1.56. The number of benzene rings is 1. The summed E-state index contributed by atoms with van der Waals surface area (Å²) >= 11 is 0. The number of nitro benzene ring substituents is 1. The van der Waals surface area contributed by atoms with Crippen LogP contribution >= 0.6 is 0 Å². The average molecular weight is 337 g/mol. The van der Waals surface area contributed by atoms with Gasteiger partial charge in [0.05, 0.1) is 23.1 Å². The van der Waals surface area contributed by atoms with E-state index in [0.29, 0.717) is 0 Å². The normalized spacial score (nSPS) is 11.4. The van der Waals surface area contributed by atoms with Crippen molar-refractivity contribution in [3.05, 3.63) is 45.8 Å². The van der Waals surface area contributed by atoms with Crippen LogP contribution < -0.4 is 5.32 Å². The first-order valence-corrected chi connectivity index (χ1v) is 7.18. The summed E-state index contributed by atoms with van der Waals surface area (Å²) in [7, 11) is 1.44. The fourth-order valence-electron chi connectivity index (χ4n) is 1.86. The van der Waals surface area contributed by atoms with Gasteiger partial charge in [-0.1, -0.05) is 0 Å². The average Bonchev–Trinajstić information content (AvgIpc) is 2.43. The number of carbonyl (C=O) groups excluding carboxylic acids is 2. The van der Waals surface area contributed by atoms with E-state index >= 15 is 0 Å². The number of nitrogens with one attached hydrogen (secondary N) is 1. The molecule has 0 fully saturated rings. The number of amides is 2. The largest absolute Gasteiger partial charge is 0.350 e. The van der Waals surface area contributed by atoms with Crippen LogP contribution in [0.1, 0.15) is 26.3 Å². The van der Waals surface area contributed by atoms with Crippen LogP contribution in [0.5, 0.6) is 0 Å². The number of nitrogens with zero attached hydrogens (tertiary/aromatic N) is 2. The van der Waals surface area contributed by atoms with Crippen molar-refractivity contribution < 1.29 is 18.9 Å². The number of rotatable bonds is 5. The van der Waals surface area contributed by atoms with E-state index < -0.39 is 27.9 Å². The standard InChI is InChI=1S/C16H20FN3O4/c1-16(2,3)18-14(21)10-19(4)15(22)8-6-11-5-7-12(17)9-13(11)20(23)24/h5-9H,10H2,1-4H3,(H,18,21). The molecule has 0 atom stereocenters. The molecule has 8 heteroatoms. The summed E-state index contributed by atoms with van der Waals surface area (Å²) in [5, 5.41) is 13.6. The van der Waals surface area contributed by atoms with Gasteiger partial charge in [0.15, 0.2) is 0 Å². The summed E-state index contributed by atoms with van der Waals surface area (Å²) in [6.45, 7) is 5.31. The molecular weight excluding hydrogens is 317 g/mol. The van der Waals surface area contributed by atoms with Crippen LogP contribution in [0.2, 0.25) is 0 Å². The Morgan fingerprint density at radius 1 is 1.38 bits per heavy atom. The van der Waals surface area contributed by atoms with E-state index in [0.717, 1.165) is 18.2 Å². The van der Waals surface area contributed by atoms with Crippen LogP contribution in [0.4, 0.5) is 10.1 Å². The van der Waals surface area contributed by atoms with Crippen molar-refractivity contribution in [3.8, 4) is 0 Å². The highest BCUT2D eigenvalue weighted by molar-refractivity contribution is 5.94. The second-order valence-corrected chi connectivity index (χ2v) is 6.29. The monoisotopic (exact) mass is 337 g/mol. The van der Waals surface area contributed by atoms with Gasteiger partial charge in [-0.25, -0.2) is 4.39 Å². The lowest BCUT2D eigenvalue weighted by atomic mass is 10.1. The van der Waals surface area contributed by atoms with Crippen LogP contribution in [-0.2, 0) is 9.59 Å². The van der Waals surface area contributed by atoms with Gasteiger partial charge in [0.25, 0.3) is 5.69 Å². The molecule has 1 aromatic carbocycles. The minimum atomic E-state index is -0.735. The van der Waals surface area contributed by atoms with E-state index in [4.69, 9.17) is 0 Å². The fraction of sp³-hybridized carbons (Fsp3) is 0.375. The number of hydrogen-bond acceptors (Lipinski definition) is 4. The Kier molecular flexibility index (Phi) is 6.16. The van der Waals surface area contributed by atoms with Crippen molar-refractivity contribution in [2.75, 3.05) is 13.6 Å². The van der Waals surface area contributed by atoms with E-state index in [9.17, 15) is 24.1 Å². The van der Waals surface area contributed by atoms with Crippen molar-refractivity contribution in [2.45, 2.75) is 26.3 Å². The number of halogens is 1. The van der Waals surface area contributed by atoms with E-state index in [2.05, 4.69) is 5.32 Å². The first-order chi connectivity index (χ1) is 11.0. The second kappa shape index (κ2) is 7.67. The minimum Gasteiger partial charge on any atom is -0.350 e. The first-order valence-electron chi connectivity index (χ1n) is 7.18. The fourth-order valence-corrected chi connectivity index (χ4v) is 1.86.